The molecule has 0 bridgehead atoms. The fraction of sp³-hybridized carbons (Fsp3) is 0.333. The van der Waals surface area contributed by atoms with E-state index in [0.717, 1.165) is 42.0 Å². The van der Waals surface area contributed by atoms with Crippen LogP contribution in [0.2, 0.25) is 0 Å². The third kappa shape index (κ3) is 5.05. The highest BCUT2D eigenvalue weighted by Gasteiger charge is 2.17. The SMILES string of the molecule is C=CC(=C\C=NC)/C(=C(/N=C)c1ccc(C)cc1)N(CC)CCC. The van der Waals surface area contributed by atoms with Gasteiger partial charge in [-0.1, -0.05) is 49.4 Å². The number of aryl methyl sites for hydroxylation is 1. The summed E-state index contributed by atoms with van der Waals surface area (Å²) in [5, 5.41) is 0. The number of hydrogen-bond donors (Lipinski definition) is 0. The van der Waals surface area contributed by atoms with Crippen molar-refractivity contribution in [1.29, 1.82) is 0 Å². The number of hydrogen-bond acceptors (Lipinski definition) is 3. The fourth-order valence-corrected chi connectivity index (χ4v) is 2.58. The summed E-state index contributed by atoms with van der Waals surface area (Å²) in [6, 6.07) is 8.37. The minimum Gasteiger partial charge on any atom is -0.370 e. The largest absolute Gasteiger partial charge is 0.370 e. The lowest BCUT2D eigenvalue weighted by Gasteiger charge is -2.28. The average Bonchev–Trinajstić information content (AvgIpc) is 2.61. The third-order valence-corrected chi connectivity index (χ3v) is 3.80. The van der Waals surface area contributed by atoms with E-state index >= 15 is 0 Å². The van der Waals surface area contributed by atoms with Crippen LogP contribution in [0, 0.1) is 6.92 Å². The van der Waals surface area contributed by atoms with Crippen LogP contribution in [0.5, 0.6) is 0 Å². The highest BCUT2D eigenvalue weighted by Crippen LogP contribution is 2.28. The summed E-state index contributed by atoms with van der Waals surface area (Å²) in [6.07, 6.45) is 6.67. The number of aliphatic imine (C=N–C) groups is 2. The topological polar surface area (TPSA) is 28.0 Å². The monoisotopic (exact) mass is 323 g/mol. The van der Waals surface area contributed by atoms with E-state index in [1.54, 1.807) is 13.3 Å². The second kappa shape index (κ2) is 10.4. The molecule has 0 fully saturated rings. The Morgan fingerprint density at radius 3 is 2.33 bits per heavy atom. The average molecular weight is 323 g/mol. The standard InChI is InChI=1S/C21H29N3/c1-7-16-24(9-3)21(18(8-2)14-15-22-5)20(23-6)19-12-10-17(4)11-13-19/h8,10-15H,2,6-7,9,16H2,1,3-5H3/b18-14+,21-20-,22-15?. The molecule has 24 heavy (non-hydrogen) atoms. The summed E-state index contributed by atoms with van der Waals surface area (Å²) in [5.74, 6) is 0. The van der Waals surface area contributed by atoms with E-state index in [-0.39, 0.29) is 0 Å². The zero-order valence-corrected chi connectivity index (χ0v) is 15.4. The maximum Gasteiger partial charge on any atom is 0.0934 e. The Balaban J connectivity index is 3.64. The number of rotatable bonds is 9. The number of allylic oxidation sites excluding steroid dienone is 2. The zero-order valence-electron chi connectivity index (χ0n) is 15.4. The summed E-state index contributed by atoms with van der Waals surface area (Å²) in [6.45, 7) is 16.1. The Morgan fingerprint density at radius 1 is 1.21 bits per heavy atom. The first-order chi connectivity index (χ1) is 11.6. The summed E-state index contributed by atoms with van der Waals surface area (Å²) < 4.78 is 0. The highest BCUT2D eigenvalue weighted by atomic mass is 15.1. The lowest BCUT2D eigenvalue weighted by Crippen LogP contribution is -2.25. The van der Waals surface area contributed by atoms with Crippen molar-refractivity contribution >= 4 is 18.6 Å². The Hall–Kier alpha value is -2.42. The van der Waals surface area contributed by atoms with E-state index in [1.807, 2.05) is 12.2 Å². The van der Waals surface area contributed by atoms with Gasteiger partial charge in [-0.25, -0.2) is 0 Å². The zero-order chi connectivity index (χ0) is 17.9. The van der Waals surface area contributed by atoms with E-state index in [0.29, 0.717) is 0 Å². The third-order valence-electron chi connectivity index (χ3n) is 3.80. The van der Waals surface area contributed by atoms with E-state index in [4.69, 9.17) is 0 Å². The van der Waals surface area contributed by atoms with Gasteiger partial charge in [-0.2, -0.15) is 0 Å². The van der Waals surface area contributed by atoms with Crippen LogP contribution in [0.1, 0.15) is 31.4 Å². The molecule has 1 aromatic carbocycles. The molecule has 0 amide bonds. The van der Waals surface area contributed by atoms with Crippen molar-refractivity contribution in [3.05, 3.63) is 65.4 Å². The molecule has 0 heterocycles. The van der Waals surface area contributed by atoms with Crippen LogP contribution in [-0.2, 0) is 0 Å². The van der Waals surface area contributed by atoms with Crippen molar-refractivity contribution in [3.8, 4) is 0 Å². The molecular formula is C21H29N3. The van der Waals surface area contributed by atoms with Crippen molar-refractivity contribution in [2.45, 2.75) is 27.2 Å². The van der Waals surface area contributed by atoms with Crippen molar-refractivity contribution in [3.63, 3.8) is 0 Å². The van der Waals surface area contributed by atoms with Gasteiger partial charge in [-0.3, -0.25) is 9.98 Å². The van der Waals surface area contributed by atoms with Gasteiger partial charge in [0.15, 0.2) is 0 Å². The van der Waals surface area contributed by atoms with Crippen LogP contribution < -0.4 is 0 Å². The molecule has 128 valence electrons. The van der Waals surface area contributed by atoms with Crippen LogP contribution in [0.15, 0.2) is 64.3 Å². The molecule has 0 N–H and O–H groups in total. The molecule has 0 aliphatic heterocycles. The smallest absolute Gasteiger partial charge is 0.0934 e. The minimum atomic E-state index is 0.876. The van der Waals surface area contributed by atoms with Gasteiger partial charge in [-0.05, 0) is 33.1 Å². The molecule has 0 aliphatic carbocycles. The van der Waals surface area contributed by atoms with E-state index in [2.05, 4.69) is 73.2 Å². The predicted octanol–water partition coefficient (Wildman–Crippen LogP) is 4.91. The maximum atomic E-state index is 4.37. The molecule has 3 nitrogen and oxygen atoms in total. The molecule has 0 saturated heterocycles. The molecule has 0 atom stereocenters. The molecule has 0 aliphatic rings. The van der Waals surface area contributed by atoms with Crippen molar-refractivity contribution in [2.24, 2.45) is 9.98 Å². The van der Waals surface area contributed by atoms with Crippen molar-refractivity contribution in [2.75, 3.05) is 20.1 Å². The predicted molar refractivity (Wildman–Crippen MR) is 108 cm³/mol. The molecule has 0 spiro atoms. The molecule has 0 saturated carbocycles. The molecule has 1 aromatic rings. The molecule has 3 heteroatoms. The molecule has 0 unspecified atom stereocenters. The lowest BCUT2D eigenvalue weighted by molar-refractivity contribution is 0.371. The fourth-order valence-electron chi connectivity index (χ4n) is 2.58. The summed E-state index contributed by atoms with van der Waals surface area (Å²) in [4.78, 5) is 10.8. The molecule has 0 radical (unpaired) electrons. The first-order valence-corrected chi connectivity index (χ1v) is 8.41. The maximum absolute atomic E-state index is 4.37. The van der Waals surface area contributed by atoms with Gasteiger partial charge in [0, 0.05) is 37.5 Å². The second-order valence-corrected chi connectivity index (χ2v) is 5.53. The van der Waals surface area contributed by atoms with Gasteiger partial charge in [0.1, 0.15) is 0 Å². The number of benzene rings is 1. The van der Waals surface area contributed by atoms with Gasteiger partial charge in [-0.15, -0.1) is 0 Å². The van der Waals surface area contributed by atoms with E-state index in [1.165, 1.54) is 5.56 Å². The van der Waals surface area contributed by atoms with E-state index in [9.17, 15) is 0 Å². The highest BCUT2D eigenvalue weighted by molar-refractivity contribution is 5.80. The second-order valence-electron chi connectivity index (χ2n) is 5.53. The number of nitrogens with zero attached hydrogens (tertiary/aromatic N) is 3. The van der Waals surface area contributed by atoms with Gasteiger partial charge in [0.05, 0.1) is 11.4 Å². The Morgan fingerprint density at radius 2 is 1.88 bits per heavy atom. The molecular weight excluding hydrogens is 294 g/mol. The van der Waals surface area contributed by atoms with Crippen LogP contribution in [-0.4, -0.2) is 38.0 Å². The summed E-state index contributed by atoms with van der Waals surface area (Å²) >= 11 is 0. The lowest BCUT2D eigenvalue weighted by atomic mass is 10.0. The molecule has 1 rings (SSSR count). The van der Waals surface area contributed by atoms with Crippen LogP contribution in [0.3, 0.4) is 0 Å². The quantitative estimate of drug-likeness (QED) is 0.469. The van der Waals surface area contributed by atoms with Crippen LogP contribution >= 0.6 is 0 Å². The van der Waals surface area contributed by atoms with Gasteiger partial charge in [0.2, 0.25) is 0 Å². The van der Waals surface area contributed by atoms with Crippen molar-refractivity contribution in [1.82, 2.24) is 4.90 Å². The first-order valence-electron chi connectivity index (χ1n) is 8.41. The van der Waals surface area contributed by atoms with Gasteiger partial charge < -0.3 is 4.90 Å². The van der Waals surface area contributed by atoms with Crippen molar-refractivity contribution < 1.29 is 0 Å². The molecule has 0 aromatic heterocycles. The number of likely N-dealkylation sites (N-methyl/N-ethyl adjacent to an activating group) is 1. The summed E-state index contributed by atoms with van der Waals surface area (Å²) in [5.41, 5.74) is 5.21. The Labute approximate surface area is 146 Å². The summed E-state index contributed by atoms with van der Waals surface area (Å²) in [7, 11) is 1.76. The van der Waals surface area contributed by atoms with Crippen LogP contribution in [0.4, 0.5) is 0 Å². The van der Waals surface area contributed by atoms with E-state index < -0.39 is 0 Å². The minimum absolute atomic E-state index is 0.876. The van der Waals surface area contributed by atoms with Crippen LogP contribution in [0.25, 0.3) is 5.70 Å². The Kier molecular flexibility index (Phi) is 8.48. The van der Waals surface area contributed by atoms with Gasteiger partial charge >= 0.3 is 0 Å². The first kappa shape index (κ1) is 19.6. The Bertz CT molecular complexity index is 634. The normalized spacial score (nSPS) is 12.9. The van der Waals surface area contributed by atoms with Gasteiger partial charge in [0.25, 0.3) is 0 Å².